The van der Waals surface area contributed by atoms with E-state index in [1.54, 1.807) is 25.1 Å². The molecule has 1 N–H and O–H groups in total. The van der Waals surface area contributed by atoms with Crippen LogP contribution in [-0.2, 0) is 6.18 Å². The van der Waals surface area contributed by atoms with Gasteiger partial charge in [-0.2, -0.15) is 18.3 Å². The van der Waals surface area contributed by atoms with E-state index >= 15 is 0 Å². The van der Waals surface area contributed by atoms with E-state index in [2.05, 4.69) is 26.3 Å². The Morgan fingerprint density at radius 2 is 1.89 bits per heavy atom. The van der Waals surface area contributed by atoms with E-state index < -0.39 is 34.8 Å². The number of nitrogens with zero attached hydrogens (tertiary/aromatic N) is 2. The van der Waals surface area contributed by atoms with Gasteiger partial charge in [0.1, 0.15) is 11.5 Å². The number of para-hydroxylation sites is 1. The van der Waals surface area contributed by atoms with Crippen molar-refractivity contribution < 1.29 is 22.4 Å². The Balaban J connectivity index is 2.06. The zero-order chi connectivity index (χ0) is 19.8. The van der Waals surface area contributed by atoms with Crippen molar-refractivity contribution in [3.63, 3.8) is 0 Å². The number of alkyl halides is 3. The van der Waals surface area contributed by atoms with E-state index in [1.165, 1.54) is 12.1 Å². The number of hydrogen-bond donors (Lipinski definition) is 1. The number of amides is 1. The summed E-state index contributed by atoms with van der Waals surface area (Å²) in [7, 11) is 0. The van der Waals surface area contributed by atoms with E-state index in [0.717, 1.165) is 22.8 Å². The number of hydrogen-bond acceptors (Lipinski definition) is 2. The smallest absolute Gasteiger partial charge is 0.322 e. The standard InChI is InChI=1S/C18H12BrF4N3O/c1-10-8-11(19)6-7-14(10)25-17(27)12-9-24-26(16(12)18(21,22)23)15-5-3-2-4-13(15)20/h2-9H,1H3,(H,25,27). The largest absolute Gasteiger partial charge is 0.434 e. The lowest BCUT2D eigenvalue weighted by molar-refractivity contribution is -0.143. The number of benzene rings is 2. The third kappa shape index (κ3) is 3.87. The van der Waals surface area contributed by atoms with E-state index in [4.69, 9.17) is 0 Å². The zero-order valence-electron chi connectivity index (χ0n) is 13.8. The maximum absolute atomic E-state index is 14.0. The molecule has 9 heteroatoms. The average molecular weight is 442 g/mol. The third-order valence-electron chi connectivity index (χ3n) is 3.80. The van der Waals surface area contributed by atoms with Gasteiger partial charge in [-0.05, 0) is 42.8 Å². The first-order valence-corrected chi connectivity index (χ1v) is 8.45. The SMILES string of the molecule is Cc1cc(Br)ccc1NC(=O)c1cnn(-c2ccccc2F)c1C(F)(F)F. The van der Waals surface area contributed by atoms with Crippen molar-refractivity contribution in [2.75, 3.05) is 5.32 Å². The van der Waals surface area contributed by atoms with Gasteiger partial charge in [0.25, 0.3) is 5.91 Å². The predicted octanol–water partition coefficient (Wildman–Crippen LogP) is 5.35. The second-order valence-corrected chi connectivity index (χ2v) is 6.60. The van der Waals surface area contributed by atoms with Crippen LogP contribution in [0.4, 0.5) is 23.2 Å². The fraction of sp³-hybridized carbons (Fsp3) is 0.111. The lowest BCUT2D eigenvalue weighted by Gasteiger charge is -2.14. The van der Waals surface area contributed by atoms with Crippen molar-refractivity contribution in [2.45, 2.75) is 13.1 Å². The first-order valence-electron chi connectivity index (χ1n) is 7.66. The highest BCUT2D eigenvalue weighted by Crippen LogP contribution is 2.34. The first-order chi connectivity index (χ1) is 12.7. The quantitative estimate of drug-likeness (QED) is 0.556. The van der Waals surface area contributed by atoms with Crippen molar-refractivity contribution in [1.29, 1.82) is 0 Å². The van der Waals surface area contributed by atoms with E-state index in [-0.39, 0.29) is 0 Å². The molecule has 3 aromatic rings. The molecule has 0 aliphatic carbocycles. The molecule has 0 unspecified atom stereocenters. The summed E-state index contributed by atoms with van der Waals surface area (Å²) in [5.74, 6) is -1.88. The maximum atomic E-state index is 14.0. The molecule has 0 saturated heterocycles. The number of aromatic nitrogens is 2. The molecule has 0 bridgehead atoms. The second kappa shape index (κ2) is 7.15. The zero-order valence-corrected chi connectivity index (χ0v) is 15.4. The lowest BCUT2D eigenvalue weighted by atomic mass is 10.1. The number of aryl methyl sites for hydroxylation is 1. The summed E-state index contributed by atoms with van der Waals surface area (Å²) in [5.41, 5.74) is -1.43. The molecule has 2 aromatic carbocycles. The van der Waals surface area contributed by atoms with Crippen LogP contribution >= 0.6 is 15.9 Å². The van der Waals surface area contributed by atoms with Gasteiger partial charge in [-0.3, -0.25) is 4.79 Å². The average Bonchev–Trinajstić information content (AvgIpc) is 3.03. The Labute approximate surface area is 159 Å². The minimum absolute atomic E-state index is 0.356. The van der Waals surface area contributed by atoms with Crippen LogP contribution in [0, 0.1) is 12.7 Å². The normalized spacial score (nSPS) is 11.5. The van der Waals surface area contributed by atoms with Gasteiger partial charge >= 0.3 is 6.18 Å². The molecule has 0 aliphatic rings. The second-order valence-electron chi connectivity index (χ2n) is 5.68. The monoisotopic (exact) mass is 441 g/mol. The van der Waals surface area contributed by atoms with Gasteiger partial charge in [0, 0.05) is 10.2 Å². The van der Waals surface area contributed by atoms with Gasteiger partial charge in [-0.25, -0.2) is 9.07 Å². The van der Waals surface area contributed by atoms with Crippen LogP contribution in [-0.4, -0.2) is 15.7 Å². The molecule has 0 aliphatic heterocycles. The van der Waals surface area contributed by atoms with Crippen LogP contribution in [0.1, 0.15) is 21.6 Å². The number of rotatable bonds is 3. The number of carbonyl (C=O) groups is 1. The summed E-state index contributed by atoms with van der Waals surface area (Å²) in [5, 5.41) is 6.04. The summed E-state index contributed by atoms with van der Waals surface area (Å²) < 4.78 is 56.0. The molecule has 0 saturated carbocycles. The van der Waals surface area contributed by atoms with E-state index in [1.807, 2.05) is 0 Å². The predicted molar refractivity (Wildman–Crippen MR) is 95.4 cm³/mol. The number of anilines is 1. The Bertz CT molecular complexity index is 1010. The van der Waals surface area contributed by atoms with Crippen LogP contribution in [0.2, 0.25) is 0 Å². The highest BCUT2D eigenvalue weighted by molar-refractivity contribution is 9.10. The van der Waals surface area contributed by atoms with Gasteiger partial charge in [0.05, 0.1) is 11.8 Å². The molecule has 0 fully saturated rings. The van der Waals surface area contributed by atoms with Crippen molar-refractivity contribution in [3.05, 3.63) is 75.8 Å². The van der Waals surface area contributed by atoms with Crippen molar-refractivity contribution in [2.24, 2.45) is 0 Å². The molecule has 1 amide bonds. The van der Waals surface area contributed by atoms with Gasteiger partial charge in [-0.15, -0.1) is 0 Å². The minimum atomic E-state index is -4.92. The molecule has 1 aromatic heterocycles. The highest BCUT2D eigenvalue weighted by Gasteiger charge is 2.41. The summed E-state index contributed by atoms with van der Waals surface area (Å²) in [4.78, 5) is 12.5. The van der Waals surface area contributed by atoms with Crippen LogP contribution < -0.4 is 5.32 Å². The summed E-state index contributed by atoms with van der Waals surface area (Å²) in [6.45, 7) is 1.70. The number of carbonyl (C=O) groups excluding carboxylic acids is 1. The molecule has 0 spiro atoms. The van der Waals surface area contributed by atoms with E-state index in [0.29, 0.717) is 15.9 Å². The molecular formula is C18H12BrF4N3O. The Hall–Kier alpha value is -2.68. The number of halogens is 5. The summed E-state index contributed by atoms with van der Waals surface area (Å²) in [6, 6.07) is 9.82. The van der Waals surface area contributed by atoms with Gasteiger partial charge in [0.15, 0.2) is 5.69 Å². The fourth-order valence-electron chi connectivity index (χ4n) is 2.55. The van der Waals surface area contributed by atoms with Gasteiger partial charge in [-0.1, -0.05) is 28.1 Å². The van der Waals surface area contributed by atoms with Gasteiger partial charge in [0.2, 0.25) is 0 Å². The highest BCUT2D eigenvalue weighted by atomic mass is 79.9. The van der Waals surface area contributed by atoms with Crippen molar-refractivity contribution in [3.8, 4) is 5.69 Å². The molecule has 3 rings (SSSR count). The van der Waals surface area contributed by atoms with Crippen LogP contribution in [0.25, 0.3) is 5.69 Å². The van der Waals surface area contributed by atoms with Crippen LogP contribution in [0.5, 0.6) is 0 Å². The lowest BCUT2D eigenvalue weighted by Crippen LogP contribution is -2.21. The molecule has 140 valence electrons. The molecule has 27 heavy (non-hydrogen) atoms. The molecule has 0 radical (unpaired) electrons. The van der Waals surface area contributed by atoms with Crippen molar-refractivity contribution >= 4 is 27.5 Å². The molecular weight excluding hydrogens is 430 g/mol. The third-order valence-corrected chi connectivity index (χ3v) is 4.29. The summed E-state index contributed by atoms with van der Waals surface area (Å²) >= 11 is 3.27. The Morgan fingerprint density at radius 3 is 2.52 bits per heavy atom. The molecule has 4 nitrogen and oxygen atoms in total. The number of nitrogens with one attached hydrogen (secondary N) is 1. The van der Waals surface area contributed by atoms with Crippen molar-refractivity contribution in [1.82, 2.24) is 9.78 Å². The van der Waals surface area contributed by atoms with Crippen LogP contribution in [0.3, 0.4) is 0 Å². The molecule has 0 atom stereocenters. The first kappa shape index (κ1) is 19.1. The topological polar surface area (TPSA) is 46.9 Å². The minimum Gasteiger partial charge on any atom is -0.322 e. The Kier molecular flexibility index (Phi) is 5.05. The molecule has 1 heterocycles. The van der Waals surface area contributed by atoms with Gasteiger partial charge < -0.3 is 5.32 Å². The maximum Gasteiger partial charge on any atom is 0.434 e. The Morgan fingerprint density at radius 1 is 1.19 bits per heavy atom. The van der Waals surface area contributed by atoms with Crippen LogP contribution in [0.15, 0.2) is 53.1 Å². The summed E-state index contributed by atoms with van der Waals surface area (Å²) in [6.07, 6.45) is -4.14. The fourth-order valence-corrected chi connectivity index (χ4v) is 3.03. The van der Waals surface area contributed by atoms with E-state index in [9.17, 15) is 22.4 Å².